The number of nitrogens with zero attached hydrogens (tertiary/aromatic N) is 4. The van der Waals surface area contributed by atoms with E-state index in [1.54, 1.807) is 29.1 Å². The van der Waals surface area contributed by atoms with Crippen molar-refractivity contribution < 1.29 is 8.91 Å². The molecule has 0 aliphatic carbocycles. The number of aromatic nitrogens is 4. The topological polar surface area (TPSA) is 82.8 Å². The summed E-state index contributed by atoms with van der Waals surface area (Å²) in [5.41, 5.74) is 6.32. The molecular weight excluding hydrogens is 249 g/mol. The summed E-state index contributed by atoms with van der Waals surface area (Å²) >= 11 is 0. The Morgan fingerprint density at radius 3 is 2.89 bits per heavy atom. The summed E-state index contributed by atoms with van der Waals surface area (Å²) in [6.07, 6.45) is 4.78. The summed E-state index contributed by atoms with van der Waals surface area (Å²) in [4.78, 5) is 7.92. The number of rotatable bonds is 3. The van der Waals surface area contributed by atoms with Gasteiger partial charge < -0.3 is 14.8 Å². The second kappa shape index (κ2) is 4.62. The molecule has 2 aromatic heterocycles. The number of hydrogen-bond donors (Lipinski definition) is 1. The zero-order valence-corrected chi connectivity index (χ0v) is 9.82. The average molecular weight is 259 g/mol. The fourth-order valence-electron chi connectivity index (χ4n) is 1.71. The molecule has 0 fully saturated rings. The lowest BCUT2D eigenvalue weighted by Gasteiger charge is -2.04. The minimum atomic E-state index is -0.394. The Balaban J connectivity index is 1.99. The molecule has 2 N–H and O–H groups in total. The van der Waals surface area contributed by atoms with Crippen LogP contribution in [0.5, 0.6) is 0 Å². The third kappa shape index (κ3) is 2.11. The molecule has 0 saturated heterocycles. The Morgan fingerprint density at radius 2 is 2.26 bits per heavy atom. The van der Waals surface area contributed by atoms with Gasteiger partial charge in [0.25, 0.3) is 0 Å². The van der Waals surface area contributed by atoms with Gasteiger partial charge >= 0.3 is 0 Å². The first-order valence-electron chi connectivity index (χ1n) is 5.59. The highest BCUT2D eigenvalue weighted by Crippen LogP contribution is 2.21. The smallest absolute Gasteiger partial charge is 0.240 e. The van der Waals surface area contributed by atoms with Crippen LogP contribution in [0.25, 0.3) is 17.1 Å². The van der Waals surface area contributed by atoms with Crippen LogP contribution in [0.2, 0.25) is 0 Å². The van der Waals surface area contributed by atoms with E-state index >= 15 is 0 Å². The maximum absolute atomic E-state index is 14.0. The van der Waals surface area contributed by atoms with E-state index in [1.807, 2.05) is 0 Å². The molecule has 0 radical (unpaired) electrons. The molecule has 96 valence electrons. The molecule has 19 heavy (non-hydrogen) atoms. The first-order valence-corrected chi connectivity index (χ1v) is 5.59. The molecule has 0 unspecified atom stereocenters. The van der Waals surface area contributed by atoms with Gasteiger partial charge in [0.05, 0.1) is 18.6 Å². The van der Waals surface area contributed by atoms with Crippen LogP contribution < -0.4 is 5.73 Å². The Hall–Kier alpha value is -2.54. The molecule has 0 aliphatic rings. The van der Waals surface area contributed by atoms with Crippen LogP contribution in [-0.2, 0) is 6.54 Å². The Morgan fingerprint density at radius 1 is 1.37 bits per heavy atom. The molecule has 7 heteroatoms. The maximum atomic E-state index is 14.0. The Kier molecular flexibility index (Phi) is 2.81. The molecule has 0 spiro atoms. The van der Waals surface area contributed by atoms with Crippen LogP contribution in [0.15, 0.2) is 41.4 Å². The molecule has 3 aromatic rings. The lowest BCUT2D eigenvalue weighted by atomic mass is 10.2. The van der Waals surface area contributed by atoms with E-state index < -0.39 is 5.82 Å². The van der Waals surface area contributed by atoms with Crippen molar-refractivity contribution in [2.75, 3.05) is 0 Å². The highest BCUT2D eigenvalue weighted by molar-refractivity contribution is 5.57. The van der Waals surface area contributed by atoms with Crippen LogP contribution in [0.3, 0.4) is 0 Å². The number of imidazole rings is 1. The second-order valence-corrected chi connectivity index (χ2v) is 3.85. The van der Waals surface area contributed by atoms with Crippen LogP contribution in [-0.4, -0.2) is 19.7 Å². The monoisotopic (exact) mass is 259 g/mol. The maximum Gasteiger partial charge on any atom is 0.240 e. The van der Waals surface area contributed by atoms with Gasteiger partial charge in [0.2, 0.25) is 11.7 Å². The SMILES string of the molecule is NCc1nc(-c2ccc(-n3ccnc3)c(F)c2)no1. The zero-order chi connectivity index (χ0) is 13.2. The number of benzene rings is 1. The standard InChI is InChI=1S/C12H10FN5O/c13-9-5-8(12-16-11(6-14)19-17-12)1-2-10(9)18-4-3-15-7-18/h1-5,7H,6,14H2. The van der Waals surface area contributed by atoms with Gasteiger partial charge in [0, 0.05) is 18.0 Å². The quantitative estimate of drug-likeness (QED) is 0.771. The van der Waals surface area contributed by atoms with Gasteiger partial charge in [-0.1, -0.05) is 5.16 Å². The lowest BCUT2D eigenvalue weighted by molar-refractivity contribution is 0.380. The molecule has 2 heterocycles. The van der Waals surface area contributed by atoms with Crippen molar-refractivity contribution in [1.82, 2.24) is 19.7 Å². The van der Waals surface area contributed by atoms with Gasteiger partial charge in [0.1, 0.15) is 5.82 Å². The van der Waals surface area contributed by atoms with Gasteiger partial charge in [0.15, 0.2) is 0 Å². The minimum Gasteiger partial charge on any atom is -0.338 e. The van der Waals surface area contributed by atoms with Crippen molar-refractivity contribution in [3.05, 3.63) is 48.6 Å². The summed E-state index contributed by atoms with van der Waals surface area (Å²) in [5, 5.41) is 3.74. The van der Waals surface area contributed by atoms with Crippen molar-refractivity contribution in [1.29, 1.82) is 0 Å². The molecule has 0 bridgehead atoms. The molecule has 3 rings (SSSR count). The van der Waals surface area contributed by atoms with Crippen molar-refractivity contribution in [2.45, 2.75) is 6.54 Å². The van der Waals surface area contributed by atoms with E-state index in [0.717, 1.165) is 0 Å². The van der Waals surface area contributed by atoms with Gasteiger partial charge in [-0.25, -0.2) is 9.37 Å². The van der Waals surface area contributed by atoms with Crippen LogP contribution in [0.4, 0.5) is 4.39 Å². The van der Waals surface area contributed by atoms with E-state index in [2.05, 4.69) is 15.1 Å². The first kappa shape index (κ1) is 11.5. The van der Waals surface area contributed by atoms with Crippen LogP contribution in [0, 0.1) is 5.82 Å². The van der Waals surface area contributed by atoms with Crippen molar-refractivity contribution >= 4 is 0 Å². The first-order chi connectivity index (χ1) is 9.28. The summed E-state index contributed by atoms with van der Waals surface area (Å²) < 4.78 is 20.5. The molecule has 0 atom stereocenters. The highest BCUT2D eigenvalue weighted by atomic mass is 19.1. The fraction of sp³-hybridized carbons (Fsp3) is 0.0833. The lowest BCUT2D eigenvalue weighted by Crippen LogP contribution is -1.96. The zero-order valence-electron chi connectivity index (χ0n) is 9.82. The highest BCUT2D eigenvalue weighted by Gasteiger charge is 2.11. The minimum absolute atomic E-state index is 0.155. The van der Waals surface area contributed by atoms with E-state index in [0.29, 0.717) is 23.0 Å². The van der Waals surface area contributed by atoms with Gasteiger partial charge in [-0.15, -0.1) is 0 Å². The fourth-order valence-corrected chi connectivity index (χ4v) is 1.71. The molecule has 0 aliphatic heterocycles. The average Bonchev–Trinajstić information content (AvgIpc) is 3.10. The van der Waals surface area contributed by atoms with E-state index in [-0.39, 0.29) is 6.54 Å². The van der Waals surface area contributed by atoms with Crippen molar-refractivity contribution in [2.24, 2.45) is 5.73 Å². The normalized spacial score (nSPS) is 10.8. The van der Waals surface area contributed by atoms with E-state index in [4.69, 9.17) is 10.3 Å². The second-order valence-electron chi connectivity index (χ2n) is 3.85. The molecule has 1 aromatic carbocycles. The van der Waals surface area contributed by atoms with Crippen molar-refractivity contribution in [3.8, 4) is 17.1 Å². The third-order valence-corrected chi connectivity index (χ3v) is 2.63. The van der Waals surface area contributed by atoms with E-state index in [1.165, 1.54) is 12.4 Å². The van der Waals surface area contributed by atoms with E-state index in [9.17, 15) is 4.39 Å². The number of nitrogens with two attached hydrogens (primary N) is 1. The molecular formula is C12H10FN5O. The largest absolute Gasteiger partial charge is 0.338 e. The third-order valence-electron chi connectivity index (χ3n) is 2.63. The van der Waals surface area contributed by atoms with Crippen LogP contribution >= 0.6 is 0 Å². The summed E-state index contributed by atoms with van der Waals surface area (Å²) in [6.45, 7) is 0.155. The van der Waals surface area contributed by atoms with Gasteiger partial charge in [-0.2, -0.15) is 4.98 Å². The predicted octanol–water partition coefficient (Wildman–Crippen LogP) is 1.52. The summed E-state index contributed by atoms with van der Waals surface area (Å²) in [6, 6.07) is 4.69. The Labute approximate surface area is 107 Å². The molecule has 0 saturated carbocycles. The number of halogens is 1. The predicted molar refractivity (Wildman–Crippen MR) is 64.7 cm³/mol. The molecule has 0 amide bonds. The number of hydrogen-bond acceptors (Lipinski definition) is 5. The Bertz CT molecular complexity index is 692. The molecule has 6 nitrogen and oxygen atoms in total. The summed E-state index contributed by atoms with van der Waals surface area (Å²) in [5.74, 6) is 0.236. The van der Waals surface area contributed by atoms with Gasteiger partial charge in [-0.05, 0) is 18.2 Å². The van der Waals surface area contributed by atoms with Crippen molar-refractivity contribution in [3.63, 3.8) is 0 Å². The van der Waals surface area contributed by atoms with Gasteiger partial charge in [-0.3, -0.25) is 0 Å². The van der Waals surface area contributed by atoms with Crippen LogP contribution in [0.1, 0.15) is 5.89 Å². The summed E-state index contributed by atoms with van der Waals surface area (Å²) in [7, 11) is 0.